The Morgan fingerprint density at radius 3 is 2.63 bits per heavy atom. The van der Waals surface area contributed by atoms with Crippen LogP contribution in [0, 0.1) is 0 Å². The number of likely N-dealkylation sites (tertiary alicyclic amines) is 2. The second-order valence-electron chi connectivity index (χ2n) is 9.04. The molecule has 2 saturated heterocycles. The van der Waals surface area contributed by atoms with Crippen molar-refractivity contribution in [2.45, 2.75) is 56.7 Å². The maximum atomic E-state index is 13.5. The van der Waals surface area contributed by atoms with Crippen LogP contribution in [0.15, 0.2) is 48.9 Å². The lowest BCUT2D eigenvalue weighted by Gasteiger charge is -2.45. The summed E-state index contributed by atoms with van der Waals surface area (Å²) in [5.74, 6) is 0.383. The fourth-order valence-corrected chi connectivity index (χ4v) is 5.48. The number of carbonyl (C=O) groups excluding carboxylic acids is 1. The molecule has 3 fully saturated rings. The van der Waals surface area contributed by atoms with E-state index in [1.807, 2.05) is 35.1 Å². The number of piperidine rings is 1. The Morgan fingerprint density at radius 2 is 1.83 bits per heavy atom. The maximum absolute atomic E-state index is 13.5. The van der Waals surface area contributed by atoms with Crippen LogP contribution in [0.25, 0.3) is 16.8 Å². The lowest BCUT2D eigenvalue weighted by molar-refractivity contribution is -0.148. The van der Waals surface area contributed by atoms with Crippen LogP contribution < -0.4 is 0 Å². The van der Waals surface area contributed by atoms with Gasteiger partial charge in [0.05, 0.1) is 6.20 Å². The fraction of sp³-hybridized carbons (Fsp3) is 0.458. The number of carbonyl (C=O) groups is 1. The second-order valence-corrected chi connectivity index (χ2v) is 9.04. The van der Waals surface area contributed by atoms with Gasteiger partial charge in [0.1, 0.15) is 5.54 Å². The molecule has 2 aromatic heterocycles. The Labute approximate surface area is 176 Å². The molecule has 2 aliphatic heterocycles. The van der Waals surface area contributed by atoms with E-state index < -0.39 is 0 Å². The highest BCUT2D eigenvalue weighted by molar-refractivity contribution is 5.88. The van der Waals surface area contributed by atoms with Gasteiger partial charge in [0.25, 0.3) is 0 Å². The smallest absolute Gasteiger partial charge is 0.243 e. The van der Waals surface area contributed by atoms with Gasteiger partial charge in [-0.25, -0.2) is 9.50 Å². The number of hydrogen-bond acceptors (Lipinski definition) is 4. The van der Waals surface area contributed by atoms with Crippen LogP contribution in [0.1, 0.15) is 44.1 Å². The number of aromatic nitrogens is 3. The molecule has 4 heterocycles. The minimum Gasteiger partial charge on any atom is -0.338 e. The molecule has 0 bridgehead atoms. The number of rotatable bonds is 4. The van der Waals surface area contributed by atoms with E-state index in [2.05, 4.69) is 33.2 Å². The SMILES string of the molecule is O=C1N(C2CC2)CCCC12CCCN2Cc1cnc2c(-c3ccccc3)cnn2c1. The number of nitrogens with zero attached hydrogens (tertiary/aromatic N) is 5. The first kappa shape index (κ1) is 18.1. The topological polar surface area (TPSA) is 53.7 Å². The maximum Gasteiger partial charge on any atom is 0.243 e. The number of fused-ring (bicyclic) bond motifs is 1. The second kappa shape index (κ2) is 6.91. The first-order valence-corrected chi connectivity index (χ1v) is 11.2. The van der Waals surface area contributed by atoms with E-state index in [4.69, 9.17) is 4.98 Å². The van der Waals surface area contributed by atoms with E-state index in [9.17, 15) is 4.79 Å². The van der Waals surface area contributed by atoms with E-state index in [1.54, 1.807) is 0 Å². The number of benzene rings is 1. The van der Waals surface area contributed by atoms with Crippen molar-refractivity contribution < 1.29 is 4.79 Å². The lowest BCUT2D eigenvalue weighted by Crippen LogP contribution is -2.60. The van der Waals surface area contributed by atoms with Gasteiger partial charge >= 0.3 is 0 Å². The first-order valence-electron chi connectivity index (χ1n) is 11.2. The van der Waals surface area contributed by atoms with E-state index in [1.165, 1.54) is 12.8 Å². The van der Waals surface area contributed by atoms with Gasteiger partial charge in [0, 0.05) is 42.7 Å². The van der Waals surface area contributed by atoms with Gasteiger partial charge in [0.15, 0.2) is 5.65 Å². The number of hydrogen-bond donors (Lipinski definition) is 0. The lowest BCUT2D eigenvalue weighted by atomic mass is 9.85. The molecule has 3 aliphatic rings. The Bertz CT molecular complexity index is 1090. The quantitative estimate of drug-likeness (QED) is 0.671. The van der Waals surface area contributed by atoms with Gasteiger partial charge in [-0.15, -0.1) is 0 Å². The van der Waals surface area contributed by atoms with Gasteiger partial charge in [0.2, 0.25) is 5.91 Å². The highest BCUT2D eigenvalue weighted by Gasteiger charge is 2.52. The van der Waals surface area contributed by atoms with Crippen LogP contribution in [0.3, 0.4) is 0 Å². The average Bonchev–Trinajstić information content (AvgIpc) is 3.42. The van der Waals surface area contributed by atoms with Gasteiger partial charge < -0.3 is 4.90 Å². The molecule has 1 aromatic carbocycles. The summed E-state index contributed by atoms with van der Waals surface area (Å²) in [7, 11) is 0. The zero-order valence-corrected chi connectivity index (χ0v) is 17.2. The molecule has 1 atom stereocenters. The zero-order valence-electron chi connectivity index (χ0n) is 17.2. The third kappa shape index (κ3) is 2.85. The van der Waals surface area contributed by atoms with Gasteiger partial charge in [-0.1, -0.05) is 30.3 Å². The third-order valence-corrected chi connectivity index (χ3v) is 7.13. The largest absolute Gasteiger partial charge is 0.338 e. The standard InChI is InChI=1S/C24H27N5O/c30-23-24(11-5-13-28(23)20-8-9-20)10-4-12-27(24)16-18-14-25-22-21(15-26-29(22)17-18)19-6-2-1-3-7-19/h1-3,6-7,14-15,17,20H,4-5,8-13,16H2. The number of amides is 1. The van der Waals surface area contributed by atoms with Crippen molar-refractivity contribution in [1.82, 2.24) is 24.4 Å². The Morgan fingerprint density at radius 1 is 1.03 bits per heavy atom. The normalized spacial score (nSPS) is 24.9. The summed E-state index contributed by atoms with van der Waals surface area (Å²) in [6.45, 7) is 2.69. The van der Waals surface area contributed by atoms with Crippen LogP contribution in [0.5, 0.6) is 0 Å². The van der Waals surface area contributed by atoms with Crippen molar-refractivity contribution >= 4 is 11.6 Å². The van der Waals surface area contributed by atoms with Gasteiger partial charge in [-0.3, -0.25) is 9.69 Å². The summed E-state index contributed by atoms with van der Waals surface area (Å²) >= 11 is 0. The van der Waals surface area contributed by atoms with Crippen molar-refractivity contribution in [2.75, 3.05) is 13.1 Å². The summed E-state index contributed by atoms with van der Waals surface area (Å²) in [5.41, 5.74) is 3.86. The van der Waals surface area contributed by atoms with Crippen LogP contribution in [-0.2, 0) is 11.3 Å². The van der Waals surface area contributed by atoms with Crippen LogP contribution in [0.4, 0.5) is 0 Å². The minimum absolute atomic E-state index is 0.297. The van der Waals surface area contributed by atoms with Gasteiger partial charge in [-0.05, 0) is 50.6 Å². The third-order valence-electron chi connectivity index (χ3n) is 7.13. The molecule has 0 N–H and O–H groups in total. The molecule has 6 heteroatoms. The molecule has 6 rings (SSSR count). The van der Waals surface area contributed by atoms with Crippen LogP contribution in [-0.4, -0.2) is 55.0 Å². The molecular weight excluding hydrogens is 374 g/mol. The van der Waals surface area contributed by atoms with Crippen molar-refractivity contribution in [3.63, 3.8) is 0 Å². The van der Waals surface area contributed by atoms with Crippen LogP contribution >= 0.6 is 0 Å². The van der Waals surface area contributed by atoms with E-state index in [0.717, 1.165) is 67.7 Å². The molecule has 1 amide bonds. The monoisotopic (exact) mass is 401 g/mol. The Kier molecular flexibility index (Phi) is 4.16. The highest BCUT2D eigenvalue weighted by atomic mass is 16.2. The minimum atomic E-state index is -0.297. The zero-order chi connectivity index (χ0) is 20.1. The molecule has 1 aliphatic carbocycles. The molecule has 0 radical (unpaired) electrons. The molecule has 154 valence electrons. The molecule has 1 unspecified atom stereocenters. The van der Waals surface area contributed by atoms with E-state index in [0.29, 0.717) is 11.9 Å². The average molecular weight is 402 g/mol. The summed E-state index contributed by atoms with van der Waals surface area (Å²) < 4.78 is 1.87. The first-order chi connectivity index (χ1) is 14.7. The summed E-state index contributed by atoms with van der Waals surface area (Å²) in [4.78, 5) is 22.8. The molecular formula is C24H27N5O. The fourth-order valence-electron chi connectivity index (χ4n) is 5.48. The molecule has 1 saturated carbocycles. The van der Waals surface area contributed by atoms with Crippen molar-refractivity contribution in [3.05, 3.63) is 54.5 Å². The summed E-state index contributed by atoms with van der Waals surface area (Å²) in [5, 5.41) is 4.55. The molecule has 6 nitrogen and oxygen atoms in total. The molecule has 1 spiro atoms. The Hall–Kier alpha value is -2.73. The molecule has 30 heavy (non-hydrogen) atoms. The van der Waals surface area contributed by atoms with E-state index in [-0.39, 0.29) is 5.54 Å². The Balaban J connectivity index is 1.28. The van der Waals surface area contributed by atoms with Gasteiger partial charge in [-0.2, -0.15) is 5.10 Å². The molecule has 3 aromatic rings. The highest BCUT2D eigenvalue weighted by Crippen LogP contribution is 2.42. The van der Waals surface area contributed by atoms with Crippen LogP contribution in [0.2, 0.25) is 0 Å². The predicted molar refractivity (Wildman–Crippen MR) is 115 cm³/mol. The van der Waals surface area contributed by atoms with Crippen molar-refractivity contribution in [1.29, 1.82) is 0 Å². The summed E-state index contributed by atoms with van der Waals surface area (Å²) in [6, 6.07) is 10.8. The predicted octanol–water partition coefficient (Wildman–Crippen LogP) is 3.52. The van der Waals surface area contributed by atoms with Crippen molar-refractivity contribution in [2.24, 2.45) is 0 Å². The van der Waals surface area contributed by atoms with Crippen molar-refractivity contribution in [3.8, 4) is 11.1 Å². The van der Waals surface area contributed by atoms with E-state index >= 15 is 0 Å². The summed E-state index contributed by atoms with van der Waals surface area (Å²) in [6.07, 6.45) is 12.5.